The SMILES string of the molecule is N#C/C(=C/c1ccc(OCc2ccccc2)c(Br)c1)C(=O)Nc1ccccc1[N+](=O)[O-]. The fourth-order valence-electron chi connectivity index (χ4n) is 2.70. The van der Waals surface area contributed by atoms with E-state index in [1.807, 2.05) is 36.4 Å². The van der Waals surface area contributed by atoms with E-state index in [4.69, 9.17) is 4.74 Å². The zero-order chi connectivity index (χ0) is 22.2. The van der Waals surface area contributed by atoms with Crippen LogP contribution in [0.15, 0.2) is 82.8 Å². The van der Waals surface area contributed by atoms with Gasteiger partial charge in [0.15, 0.2) is 0 Å². The molecule has 0 saturated carbocycles. The Kier molecular flexibility index (Phi) is 7.14. The molecule has 31 heavy (non-hydrogen) atoms. The minimum absolute atomic E-state index is 0.0180. The van der Waals surface area contributed by atoms with Crippen LogP contribution in [-0.2, 0) is 11.4 Å². The van der Waals surface area contributed by atoms with Crippen LogP contribution in [0.1, 0.15) is 11.1 Å². The summed E-state index contributed by atoms with van der Waals surface area (Å²) >= 11 is 3.44. The first-order valence-corrected chi connectivity index (χ1v) is 9.90. The van der Waals surface area contributed by atoms with Gasteiger partial charge in [-0.2, -0.15) is 5.26 Å². The minimum Gasteiger partial charge on any atom is -0.488 e. The van der Waals surface area contributed by atoms with E-state index >= 15 is 0 Å². The molecule has 1 amide bonds. The van der Waals surface area contributed by atoms with E-state index in [0.717, 1.165) is 5.56 Å². The topological polar surface area (TPSA) is 105 Å². The number of para-hydroxylation sites is 2. The number of carbonyl (C=O) groups excluding carboxylic acids is 1. The van der Waals surface area contributed by atoms with E-state index in [2.05, 4.69) is 21.2 Å². The van der Waals surface area contributed by atoms with Gasteiger partial charge in [0.05, 0.1) is 9.40 Å². The molecule has 3 aromatic rings. The zero-order valence-corrected chi connectivity index (χ0v) is 17.7. The lowest BCUT2D eigenvalue weighted by Crippen LogP contribution is -2.14. The number of rotatable bonds is 7. The summed E-state index contributed by atoms with van der Waals surface area (Å²) in [6.45, 7) is 0.399. The highest BCUT2D eigenvalue weighted by atomic mass is 79.9. The number of ether oxygens (including phenoxy) is 1. The summed E-state index contributed by atoms with van der Waals surface area (Å²) in [7, 11) is 0. The molecule has 0 aliphatic heterocycles. The average molecular weight is 478 g/mol. The molecule has 3 aromatic carbocycles. The van der Waals surface area contributed by atoms with Crippen molar-refractivity contribution in [1.82, 2.24) is 0 Å². The largest absolute Gasteiger partial charge is 0.488 e. The number of hydrogen-bond acceptors (Lipinski definition) is 5. The molecule has 0 saturated heterocycles. The molecule has 7 nitrogen and oxygen atoms in total. The maximum Gasteiger partial charge on any atom is 0.292 e. The second kappa shape index (κ2) is 10.2. The molecule has 0 bridgehead atoms. The van der Waals surface area contributed by atoms with E-state index in [-0.39, 0.29) is 16.9 Å². The number of anilines is 1. The summed E-state index contributed by atoms with van der Waals surface area (Å²) in [4.78, 5) is 23.0. The molecule has 0 atom stereocenters. The first kappa shape index (κ1) is 21.7. The monoisotopic (exact) mass is 477 g/mol. The highest BCUT2D eigenvalue weighted by Gasteiger charge is 2.17. The second-order valence-electron chi connectivity index (χ2n) is 6.36. The van der Waals surface area contributed by atoms with Gasteiger partial charge < -0.3 is 10.1 Å². The molecule has 0 aliphatic carbocycles. The highest BCUT2D eigenvalue weighted by Crippen LogP contribution is 2.28. The zero-order valence-electron chi connectivity index (χ0n) is 16.1. The molecular formula is C23H16BrN3O4. The van der Waals surface area contributed by atoms with Gasteiger partial charge in [-0.3, -0.25) is 14.9 Å². The van der Waals surface area contributed by atoms with Gasteiger partial charge in [0.1, 0.15) is 29.7 Å². The Morgan fingerprint density at radius 2 is 1.84 bits per heavy atom. The third-order valence-electron chi connectivity index (χ3n) is 4.22. The Hall–Kier alpha value is -3.96. The van der Waals surface area contributed by atoms with E-state index in [1.54, 1.807) is 24.3 Å². The van der Waals surface area contributed by atoms with Crippen molar-refractivity contribution in [2.24, 2.45) is 0 Å². The Morgan fingerprint density at radius 1 is 1.13 bits per heavy atom. The maximum absolute atomic E-state index is 12.5. The number of hydrogen-bond donors (Lipinski definition) is 1. The van der Waals surface area contributed by atoms with Gasteiger partial charge in [-0.05, 0) is 51.3 Å². The molecule has 8 heteroatoms. The Bertz CT molecular complexity index is 1190. The third-order valence-corrected chi connectivity index (χ3v) is 4.84. The van der Waals surface area contributed by atoms with Crippen LogP contribution in [-0.4, -0.2) is 10.8 Å². The van der Waals surface area contributed by atoms with Crippen molar-refractivity contribution >= 4 is 39.3 Å². The van der Waals surface area contributed by atoms with E-state index in [9.17, 15) is 20.2 Å². The third kappa shape index (κ3) is 5.78. The average Bonchev–Trinajstić information content (AvgIpc) is 2.77. The van der Waals surface area contributed by atoms with Gasteiger partial charge in [0.25, 0.3) is 11.6 Å². The number of nitrogens with one attached hydrogen (secondary N) is 1. The molecule has 3 rings (SSSR count). The maximum atomic E-state index is 12.5. The minimum atomic E-state index is -0.739. The van der Waals surface area contributed by atoms with Crippen LogP contribution in [0.4, 0.5) is 11.4 Å². The summed E-state index contributed by atoms with van der Waals surface area (Å²) in [6, 6.07) is 22.4. The summed E-state index contributed by atoms with van der Waals surface area (Å²) in [5.74, 6) is -0.124. The molecule has 0 aromatic heterocycles. The number of halogens is 1. The molecule has 0 aliphatic rings. The molecule has 154 valence electrons. The number of nitriles is 1. The van der Waals surface area contributed by atoms with Gasteiger partial charge in [-0.1, -0.05) is 48.5 Å². The number of nitrogens with zero attached hydrogens (tertiary/aromatic N) is 2. The number of amides is 1. The second-order valence-corrected chi connectivity index (χ2v) is 7.22. The van der Waals surface area contributed by atoms with Crippen LogP contribution in [0, 0.1) is 21.4 Å². The Morgan fingerprint density at radius 3 is 2.52 bits per heavy atom. The van der Waals surface area contributed by atoms with Gasteiger partial charge in [0, 0.05) is 6.07 Å². The summed E-state index contributed by atoms with van der Waals surface area (Å²) in [5.41, 5.74) is 1.19. The number of benzene rings is 3. The van der Waals surface area contributed by atoms with Gasteiger partial charge in [-0.25, -0.2) is 0 Å². The van der Waals surface area contributed by atoms with Crippen molar-refractivity contribution in [2.75, 3.05) is 5.32 Å². The lowest BCUT2D eigenvalue weighted by Gasteiger charge is -2.09. The number of nitro benzene ring substituents is 1. The Labute approximate surface area is 186 Å². The van der Waals surface area contributed by atoms with Crippen molar-refractivity contribution in [1.29, 1.82) is 5.26 Å². The van der Waals surface area contributed by atoms with Crippen molar-refractivity contribution < 1.29 is 14.5 Å². The molecule has 0 heterocycles. The van der Waals surface area contributed by atoms with Gasteiger partial charge in [0.2, 0.25) is 0 Å². The molecule has 1 N–H and O–H groups in total. The van der Waals surface area contributed by atoms with Crippen LogP contribution in [0.3, 0.4) is 0 Å². The van der Waals surface area contributed by atoms with Crippen molar-refractivity contribution in [3.05, 3.63) is 104 Å². The van der Waals surface area contributed by atoms with Crippen molar-refractivity contribution in [3.8, 4) is 11.8 Å². The lowest BCUT2D eigenvalue weighted by molar-refractivity contribution is -0.383. The van der Waals surface area contributed by atoms with Crippen LogP contribution in [0.5, 0.6) is 5.75 Å². The molecular weight excluding hydrogens is 462 g/mol. The normalized spacial score (nSPS) is 10.8. The van der Waals surface area contributed by atoms with Crippen LogP contribution in [0.25, 0.3) is 6.08 Å². The Balaban J connectivity index is 1.75. The van der Waals surface area contributed by atoms with E-state index in [1.165, 1.54) is 24.3 Å². The summed E-state index contributed by atoms with van der Waals surface area (Å²) in [6.07, 6.45) is 1.40. The van der Waals surface area contributed by atoms with Crippen LogP contribution >= 0.6 is 15.9 Å². The first-order chi connectivity index (χ1) is 15.0. The molecule has 0 fully saturated rings. The van der Waals surface area contributed by atoms with Crippen molar-refractivity contribution in [2.45, 2.75) is 6.61 Å². The fourth-order valence-corrected chi connectivity index (χ4v) is 3.21. The number of carbonyl (C=O) groups is 1. The first-order valence-electron chi connectivity index (χ1n) is 9.11. The molecule has 0 spiro atoms. The standard InChI is InChI=1S/C23H16BrN3O4/c24-19-13-17(10-11-22(19)31-15-16-6-2-1-3-7-16)12-18(14-25)23(28)26-20-8-4-5-9-21(20)27(29)30/h1-13H,15H2,(H,26,28)/b18-12-. The molecule has 0 unspecified atom stereocenters. The summed E-state index contributed by atoms with van der Waals surface area (Å²) < 4.78 is 6.46. The highest BCUT2D eigenvalue weighted by molar-refractivity contribution is 9.10. The predicted octanol–water partition coefficient (Wildman–Crippen LogP) is 5.48. The summed E-state index contributed by atoms with van der Waals surface area (Å²) in [5, 5.41) is 22.9. The van der Waals surface area contributed by atoms with Crippen LogP contribution < -0.4 is 10.1 Å². The smallest absolute Gasteiger partial charge is 0.292 e. The van der Waals surface area contributed by atoms with Gasteiger partial charge >= 0.3 is 0 Å². The quantitative estimate of drug-likeness (QED) is 0.210. The lowest BCUT2D eigenvalue weighted by atomic mass is 10.1. The van der Waals surface area contributed by atoms with Crippen LogP contribution in [0.2, 0.25) is 0 Å². The fraction of sp³-hybridized carbons (Fsp3) is 0.0435. The van der Waals surface area contributed by atoms with E-state index in [0.29, 0.717) is 22.4 Å². The van der Waals surface area contributed by atoms with E-state index < -0.39 is 10.8 Å². The molecule has 0 radical (unpaired) electrons. The van der Waals surface area contributed by atoms with Gasteiger partial charge in [-0.15, -0.1) is 0 Å². The predicted molar refractivity (Wildman–Crippen MR) is 120 cm³/mol. The number of nitro groups is 1. The van der Waals surface area contributed by atoms with Crippen molar-refractivity contribution in [3.63, 3.8) is 0 Å².